The predicted octanol–water partition coefficient (Wildman–Crippen LogP) is 1.46. The minimum absolute atomic E-state index is 0.0985. The first-order valence-electron chi connectivity index (χ1n) is 8.54. The molecule has 0 aliphatic rings. The lowest BCUT2D eigenvalue weighted by Gasteiger charge is -2.17. The number of nitrogens with one attached hydrogen (secondary N) is 2. The molecule has 7 nitrogen and oxygen atoms in total. The van der Waals surface area contributed by atoms with Crippen LogP contribution in [0.25, 0.3) is 10.9 Å². The van der Waals surface area contributed by atoms with Gasteiger partial charge < -0.3 is 15.7 Å². The van der Waals surface area contributed by atoms with Crippen LogP contribution < -0.4 is 10.6 Å². The van der Waals surface area contributed by atoms with Crippen LogP contribution in [0.1, 0.15) is 26.3 Å². The second-order valence-electron chi connectivity index (χ2n) is 6.16. The van der Waals surface area contributed by atoms with Gasteiger partial charge in [0.25, 0.3) is 11.8 Å². The van der Waals surface area contributed by atoms with E-state index in [0.29, 0.717) is 16.6 Å². The highest BCUT2D eigenvalue weighted by atomic mass is 16.3. The number of aliphatic hydroxyl groups is 1. The Bertz CT molecular complexity index is 974. The molecule has 0 spiro atoms. The van der Waals surface area contributed by atoms with E-state index in [1.807, 2.05) is 25.1 Å². The molecule has 138 valence electrons. The van der Waals surface area contributed by atoms with Gasteiger partial charge in [0, 0.05) is 36.1 Å². The van der Waals surface area contributed by atoms with Crippen LogP contribution in [0.5, 0.6) is 0 Å². The summed E-state index contributed by atoms with van der Waals surface area (Å²) in [6, 6.07) is 10.1. The fourth-order valence-electron chi connectivity index (χ4n) is 2.65. The fraction of sp³-hybridized carbons (Fsp3) is 0.200. The SMILES string of the molecule is Cc1ccncc1C(=O)NC[C@H](CO)NC(=O)c1ccc2cccnc2c1. The van der Waals surface area contributed by atoms with Gasteiger partial charge >= 0.3 is 0 Å². The highest BCUT2D eigenvalue weighted by molar-refractivity contribution is 5.98. The largest absolute Gasteiger partial charge is 0.394 e. The van der Waals surface area contributed by atoms with Crippen molar-refractivity contribution in [1.82, 2.24) is 20.6 Å². The molecule has 0 aliphatic heterocycles. The highest BCUT2D eigenvalue weighted by Crippen LogP contribution is 2.13. The van der Waals surface area contributed by atoms with Crippen molar-refractivity contribution in [3.05, 3.63) is 71.7 Å². The molecule has 1 aromatic carbocycles. The summed E-state index contributed by atoms with van der Waals surface area (Å²) in [5.41, 5.74) is 2.41. The van der Waals surface area contributed by atoms with Gasteiger partial charge in [0.1, 0.15) is 0 Å². The second-order valence-corrected chi connectivity index (χ2v) is 6.16. The summed E-state index contributed by atoms with van der Waals surface area (Å²) in [6.45, 7) is 1.61. The highest BCUT2D eigenvalue weighted by Gasteiger charge is 2.16. The average molecular weight is 364 g/mol. The van der Waals surface area contributed by atoms with Gasteiger partial charge in [-0.2, -0.15) is 0 Å². The number of carbonyl (C=O) groups is 2. The third-order valence-electron chi connectivity index (χ3n) is 4.22. The van der Waals surface area contributed by atoms with Gasteiger partial charge in [0.2, 0.25) is 0 Å². The van der Waals surface area contributed by atoms with Crippen LogP contribution in [0, 0.1) is 6.92 Å². The molecule has 0 fully saturated rings. The van der Waals surface area contributed by atoms with Crippen molar-refractivity contribution in [1.29, 1.82) is 0 Å². The molecule has 2 amide bonds. The number of amides is 2. The van der Waals surface area contributed by atoms with Gasteiger partial charge in [0.05, 0.1) is 23.7 Å². The molecular formula is C20H20N4O3. The topological polar surface area (TPSA) is 104 Å². The molecule has 0 bridgehead atoms. The molecule has 1 atom stereocenters. The van der Waals surface area contributed by atoms with Gasteiger partial charge in [-0.15, -0.1) is 0 Å². The van der Waals surface area contributed by atoms with Crippen molar-refractivity contribution in [2.75, 3.05) is 13.2 Å². The normalized spacial score (nSPS) is 11.8. The van der Waals surface area contributed by atoms with E-state index in [-0.39, 0.29) is 25.0 Å². The van der Waals surface area contributed by atoms with Crippen LogP contribution in [0.2, 0.25) is 0 Å². The zero-order chi connectivity index (χ0) is 19.2. The van der Waals surface area contributed by atoms with E-state index in [1.165, 1.54) is 6.20 Å². The summed E-state index contributed by atoms with van der Waals surface area (Å²) < 4.78 is 0. The third-order valence-corrected chi connectivity index (χ3v) is 4.22. The van der Waals surface area contributed by atoms with Gasteiger partial charge in [0.15, 0.2) is 0 Å². The molecule has 3 rings (SSSR count). The summed E-state index contributed by atoms with van der Waals surface area (Å²) >= 11 is 0. The quantitative estimate of drug-likeness (QED) is 0.614. The van der Waals surface area contributed by atoms with Crippen LogP contribution in [0.4, 0.5) is 0 Å². The first-order chi connectivity index (χ1) is 13.1. The van der Waals surface area contributed by atoms with Crippen molar-refractivity contribution in [3.63, 3.8) is 0 Å². The van der Waals surface area contributed by atoms with Crippen molar-refractivity contribution < 1.29 is 14.7 Å². The lowest BCUT2D eigenvalue weighted by atomic mass is 10.1. The van der Waals surface area contributed by atoms with Crippen molar-refractivity contribution >= 4 is 22.7 Å². The summed E-state index contributed by atoms with van der Waals surface area (Å²) in [4.78, 5) is 32.9. The molecule has 2 heterocycles. The Morgan fingerprint density at radius 2 is 2.00 bits per heavy atom. The van der Waals surface area contributed by atoms with E-state index < -0.39 is 6.04 Å². The molecular weight excluding hydrogens is 344 g/mol. The third kappa shape index (κ3) is 4.45. The number of hydrogen-bond acceptors (Lipinski definition) is 5. The number of fused-ring (bicyclic) bond motifs is 1. The Morgan fingerprint density at radius 3 is 2.78 bits per heavy atom. The van der Waals surface area contributed by atoms with Crippen LogP contribution in [-0.4, -0.2) is 46.1 Å². The lowest BCUT2D eigenvalue weighted by Crippen LogP contribution is -2.46. The minimum Gasteiger partial charge on any atom is -0.394 e. The van der Waals surface area contributed by atoms with Gasteiger partial charge in [-0.05, 0) is 36.8 Å². The molecule has 7 heteroatoms. The van der Waals surface area contributed by atoms with E-state index in [1.54, 1.807) is 30.6 Å². The maximum atomic E-state index is 12.5. The average Bonchev–Trinajstić information content (AvgIpc) is 2.70. The van der Waals surface area contributed by atoms with Crippen LogP contribution in [0.15, 0.2) is 55.0 Å². The second kappa shape index (κ2) is 8.37. The number of hydrogen-bond donors (Lipinski definition) is 3. The lowest BCUT2D eigenvalue weighted by molar-refractivity contribution is 0.0887. The van der Waals surface area contributed by atoms with E-state index in [4.69, 9.17) is 0 Å². The summed E-state index contributed by atoms with van der Waals surface area (Å²) in [5.74, 6) is -0.642. The number of pyridine rings is 2. The van der Waals surface area contributed by atoms with Crippen molar-refractivity contribution in [3.8, 4) is 0 Å². The molecule has 0 saturated carbocycles. The van der Waals surface area contributed by atoms with Gasteiger partial charge in [-0.1, -0.05) is 12.1 Å². The maximum absolute atomic E-state index is 12.5. The zero-order valence-electron chi connectivity index (χ0n) is 14.8. The number of aryl methyl sites for hydroxylation is 1. The van der Waals surface area contributed by atoms with Crippen LogP contribution in [0.3, 0.4) is 0 Å². The number of nitrogens with zero attached hydrogens (tertiary/aromatic N) is 2. The van der Waals surface area contributed by atoms with Crippen LogP contribution >= 0.6 is 0 Å². The standard InChI is InChI=1S/C20H20N4O3/c1-13-6-8-21-11-17(13)20(27)23-10-16(12-25)24-19(26)15-5-4-14-3-2-7-22-18(14)9-15/h2-9,11,16,25H,10,12H2,1H3,(H,23,27)(H,24,26)/t16-/m1/s1. The number of rotatable bonds is 6. The Balaban J connectivity index is 1.62. The monoisotopic (exact) mass is 364 g/mol. The van der Waals surface area contributed by atoms with Gasteiger partial charge in [-0.25, -0.2) is 0 Å². The summed E-state index contributed by atoms with van der Waals surface area (Å²) in [5, 5.41) is 15.9. The number of aliphatic hydroxyl groups excluding tert-OH is 1. The van der Waals surface area contributed by atoms with E-state index in [2.05, 4.69) is 20.6 Å². The predicted molar refractivity (Wildman–Crippen MR) is 101 cm³/mol. The molecule has 0 unspecified atom stereocenters. The summed E-state index contributed by atoms with van der Waals surface area (Å²) in [6.07, 6.45) is 4.76. The van der Waals surface area contributed by atoms with E-state index in [9.17, 15) is 14.7 Å². The Labute approximate surface area is 156 Å². The molecule has 0 radical (unpaired) electrons. The van der Waals surface area contributed by atoms with Crippen molar-refractivity contribution in [2.24, 2.45) is 0 Å². The summed E-state index contributed by atoms with van der Waals surface area (Å²) in [7, 11) is 0. The minimum atomic E-state index is -0.613. The fourth-order valence-corrected chi connectivity index (χ4v) is 2.65. The number of carbonyl (C=O) groups excluding carboxylic acids is 2. The zero-order valence-corrected chi connectivity index (χ0v) is 14.8. The van der Waals surface area contributed by atoms with Crippen molar-refractivity contribution in [2.45, 2.75) is 13.0 Å². The number of benzene rings is 1. The van der Waals surface area contributed by atoms with E-state index >= 15 is 0 Å². The molecule has 27 heavy (non-hydrogen) atoms. The Kier molecular flexibility index (Phi) is 5.73. The van der Waals surface area contributed by atoms with Gasteiger partial charge in [-0.3, -0.25) is 19.6 Å². The molecule has 2 aromatic heterocycles. The molecule has 0 aliphatic carbocycles. The smallest absolute Gasteiger partial charge is 0.253 e. The first kappa shape index (κ1) is 18.5. The Morgan fingerprint density at radius 1 is 1.15 bits per heavy atom. The number of aromatic nitrogens is 2. The van der Waals surface area contributed by atoms with E-state index in [0.717, 1.165) is 10.9 Å². The maximum Gasteiger partial charge on any atom is 0.253 e. The first-order valence-corrected chi connectivity index (χ1v) is 8.54. The Hall–Kier alpha value is -3.32. The molecule has 3 aromatic rings. The molecule has 3 N–H and O–H groups in total. The molecule has 0 saturated heterocycles. The van der Waals surface area contributed by atoms with Crippen LogP contribution in [-0.2, 0) is 0 Å².